The zero-order valence-corrected chi connectivity index (χ0v) is 11.5. The highest BCUT2D eigenvalue weighted by atomic mass is 32.1. The normalized spacial score (nSPS) is 28.9. The SMILES string of the molecule is CC(C)c1csc(C2(N)CCC(C)(C)C2)n1. The van der Waals surface area contributed by atoms with Crippen molar-refractivity contribution in [1.29, 1.82) is 0 Å². The van der Waals surface area contributed by atoms with Crippen molar-refractivity contribution in [2.45, 2.75) is 58.4 Å². The summed E-state index contributed by atoms with van der Waals surface area (Å²) < 4.78 is 0. The number of nitrogens with two attached hydrogens (primary N) is 1. The molecule has 0 radical (unpaired) electrons. The molecule has 2 rings (SSSR count). The van der Waals surface area contributed by atoms with Crippen LogP contribution >= 0.6 is 11.3 Å². The predicted octanol–water partition coefficient (Wildman–Crippen LogP) is 3.63. The van der Waals surface area contributed by atoms with E-state index in [0.717, 1.165) is 17.8 Å². The predicted molar refractivity (Wildman–Crippen MR) is 69.7 cm³/mol. The van der Waals surface area contributed by atoms with E-state index in [-0.39, 0.29) is 5.54 Å². The quantitative estimate of drug-likeness (QED) is 0.854. The van der Waals surface area contributed by atoms with Gasteiger partial charge in [-0.3, -0.25) is 0 Å². The van der Waals surface area contributed by atoms with Crippen molar-refractivity contribution in [1.82, 2.24) is 4.98 Å². The Morgan fingerprint density at radius 2 is 2.06 bits per heavy atom. The highest BCUT2D eigenvalue weighted by molar-refractivity contribution is 7.09. The van der Waals surface area contributed by atoms with Crippen LogP contribution < -0.4 is 5.73 Å². The van der Waals surface area contributed by atoms with Crippen molar-refractivity contribution < 1.29 is 0 Å². The Labute approximate surface area is 102 Å². The fraction of sp³-hybridized carbons (Fsp3) is 0.769. The fourth-order valence-electron chi connectivity index (χ4n) is 2.55. The molecule has 1 atom stereocenters. The first-order chi connectivity index (χ1) is 7.32. The molecule has 0 saturated heterocycles. The molecule has 2 nitrogen and oxygen atoms in total. The maximum Gasteiger partial charge on any atom is 0.113 e. The summed E-state index contributed by atoms with van der Waals surface area (Å²) >= 11 is 1.74. The van der Waals surface area contributed by atoms with Crippen LogP contribution in [0, 0.1) is 5.41 Å². The molecule has 3 heteroatoms. The van der Waals surface area contributed by atoms with E-state index in [1.807, 2.05) is 0 Å². The van der Waals surface area contributed by atoms with Crippen molar-refractivity contribution in [3.8, 4) is 0 Å². The molecule has 0 aromatic carbocycles. The van der Waals surface area contributed by atoms with E-state index in [4.69, 9.17) is 10.7 Å². The van der Waals surface area contributed by atoms with E-state index in [1.165, 1.54) is 12.1 Å². The Bertz CT molecular complexity index is 381. The number of hydrogen-bond donors (Lipinski definition) is 1. The van der Waals surface area contributed by atoms with E-state index in [0.29, 0.717) is 11.3 Å². The Hall–Kier alpha value is -0.410. The first kappa shape index (κ1) is 12.1. The van der Waals surface area contributed by atoms with Gasteiger partial charge in [-0.25, -0.2) is 4.98 Å². The van der Waals surface area contributed by atoms with E-state index in [1.54, 1.807) is 11.3 Å². The molecule has 1 aliphatic rings. The largest absolute Gasteiger partial charge is 0.319 e. The molecule has 1 aliphatic carbocycles. The van der Waals surface area contributed by atoms with E-state index in [9.17, 15) is 0 Å². The van der Waals surface area contributed by atoms with Gasteiger partial charge >= 0.3 is 0 Å². The smallest absolute Gasteiger partial charge is 0.113 e. The van der Waals surface area contributed by atoms with Crippen molar-refractivity contribution in [2.75, 3.05) is 0 Å². The number of nitrogens with zero attached hydrogens (tertiary/aromatic N) is 1. The summed E-state index contributed by atoms with van der Waals surface area (Å²) in [5, 5.41) is 3.31. The van der Waals surface area contributed by atoms with Crippen LogP contribution in [0.25, 0.3) is 0 Å². The van der Waals surface area contributed by atoms with Crippen LogP contribution in [0.1, 0.15) is 63.6 Å². The standard InChI is InChI=1S/C13H22N2S/c1-9(2)10-7-16-11(15-10)13(14)6-5-12(3,4)8-13/h7,9H,5-6,8,14H2,1-4H3. The van der Waals surface area contributed by atoms with Gasteiger partial charge in [0.25, 0.3) is 0 Å². The average Bonchev–Trinajstić information content (AvgIpc) is 2.71. The van der Waals surface area contributed by atoms with Gasteiger partial charge in [0.05, 0.1) is 11.2 Å². The van der Waals surface area contributed by atoms with Crippen molar-refractivity contribution in [2.24, 2.45) is 11.1 Å². The van der Waals surface area contributed by atoms with Gasteiger partial charge in [0.2, 0.25) is 0 Å². The zero-order chi connectivity index (χ0) is 12.0. The lowest BCUT2D eigenvalue weighted by atomic mass is 9.88. The molecular formula is C13H22N2S. The molecule has 1 heterocycles. The molecule has 1 aromatic rings. The van der Waals surface area contributed by atoms with E-state index in [2.05, 4.69) is 33.1 Å². The van der Waals surface area contributed by atoms with Crippen LogP contribution in [0.2, 0.25) is 0 Å². The minimum Gasteiger partial charge on any atom is -0.319 e. The van der Waals surface area contributed by atoms with E-state index < -0.39 is 0 Å². The zero-order valence-electron chi connectivity index (χ0n) is 10.7. The molecule has 0 bridgehead atoms. The summed E-state index contributed by atoms with van der Waals surface area (Å²) in [7, 11) is 0. The molecule has 0 aliphatic heterocycles. The first-order valence-electron chi connectivity index (χ1n) is 6.07. The summed E-state index contributed by atoms with van der Waals surface area (Å²) in [6.07, 6.45) is 3.34. The average molecular weight is 238 g/mol. The second-order valence-corrected chi connectivity index (χ2v) is 7.09. The molecule has 1 aromatic heterocycles. The molecule has 0 amide bonds. The Morgan fingerprint density at radius 3 is 2.50 bits per heavy atom. The third-order valence-electron chi connectivity index (χ3n) is 3.58. The number of thiazole rings is 1. The topological polar surface area (TPSA) is 38.9 Å². The number of hydrogen-bond acceptors (Lipinski definition) is 3. The highest BCUT2D eigenvalue weighted by Gasteiger charge is 2.43. The fourth-order valence-corrected chi connectivity index (χ4v) is 3.68. The van der Waals surface area contributed by atoms with E-state index >= 15 is 0 Å². The molecule has 1 saturated carbocycles. The second-order valence-electron chi connectivity index (χ2n) is 6.23. The van der Waals surface area contributed by atoms with Gasteiger partial charge in [-0.15, -0.1) is 11.3 Å². The summed E-state index contributed by atoms with van der Waals surface area (Å²) in [4.78, 5) is 4.72. The lowest BCUT2D eigenvalue weighted by molar-refractivity contribution is 0.339. The van der Waals surface area contributed by atoms with Gasteiger partial charge in [-0.1, -0.05) is 27.7 Å². The third kappa shape index (κ3) is 2.16. The molecule has 1 fully saturated rings. The summed E-state index contributed by atoms with van der Waals surface area (Å²) in [5.74, 6) is 0.503. The maximum absolute atomic E-state index is 6.52. The molecule has 1 unspecified atom stereocenters. The van der Waals surface area contributed by atoms with Gasteiger partial charge in [-0.05, 0) is 30.6 Å². The van der Waals surface area contributed by atoms with Crippen LogP contribution in [-0.4, -0.2) is 4.98 Å². The Kier molecular flexibility index (Phi) is 2.87. The maximum atomic E-state index is 6.52. The summed E-state index contributed by atoms with van der Waals surface area (Å²) in [5.41, 5.74) is 7.91. The first-order valence-corrected chi connectivity index (χ1v) is 6.95. The third-order valence-corrected chi connectivity index (χ3v) is 4.66. The van der Waals surface area contributed by atoms with Gasteiger partial charge in [0.1, 0.15) is 5.01 Å². The molecular weight excluding hydrogens is 216 g/mol. The van der Waals surface area contributed by atoms with Crippen LogP contribution in [-0.2, 0) is 5.54 Å². The molecule has 90 valence electrons. The highest BCUT2D eigenvalue weighted by Crippen LogP contribution is 2.48. The monoisotopic (exact) mass is 238 g/mol. The van der Waals surface area contributed by atoms with Gasteiger partial charge in [0, 0.05) is 5.38 Å². The molecule has 0 spiro atoms. The van der Waals surface area contributed by atoms with Crippen molar-refractivity contribution in [3.63, 3.8) is 0 Å². The van der Waals surface area contributed by atoms with Gasteiger partial charge < -0.3 is 5.73 Å². The lowest BCUT2D eigenvalue weighted by Gasteiger charge is -2.24. The summed E-state index contributed by atoms with van der Waals surface area (Å²) in [6, 6.07) is 0. The minimum absolute atomic E-state index is 0.165. The molecule has 16 heavy (non-hydrogen) atoms. The molecule has 2 N–H and O–H groups in total. The van der Waals surface area contributed by atoms with Gasteiger partial charge in [0.15, 0.2) is 0 Å². The minimum atomic E-state index is -0.165. The second kappa shape index (κ2) is 3.81. The number of aromatic nitrogens is 1. The Balaban J connectivity index is 2.24. The van der Waals surface area contributed by atoms with Crippen LogP contribution in [0.4, 0.5) is 0 Å². The summed E-state index contributed by atoms with van der Waals surface area (Å²) in [6.45, 7) is 8.97. The van der Waals surface area contributed by atoms with Crippen molar-refractivity contribution >= 4 is 11.3 Å². The van der Waals surface area contributed by atoms with Crippen LogP contribution in [0.15, 0.2) is 5.38 Å². The van der Waals surface area contributed by atoms with Gasteiger partial charge in [-0.2, -0.15) is 0 Å². The number of rotatable bonds is 2. The van der Waals surface area contributed by atoms with Crippen molar-refractivity contribution in [3.05, 3.63) is 16.1 Å². The Morgan fingerprint density at radius 1 is 1.38 bits per heavy atom. The van der Waals surface area contributed by atoms with Crippen LogP contribution in [0.3, 0.4) is 0 Å². The lowest BCUT2D eigenvalue weighted by Crippen LogP contribution is -2.34. The van der Waals surface area contributed by atoms with Crippen LogP contribution in [0.5, 0.6) is 0 Å².